The summed E-state index contributed by atoms with van der Waals surface area (Å²) in [5, 5.41) is 4.72. The molecular formula is C25H20N6O3. The van der Waals surface area contributed by atoms with E-state index in [2.05, 4.69) is 20.9 Å². The molecule has 9 heteroatoms. The van der Waals surface area contributed by atoms with Gasteiger partial charge in [-0.15, -0.1) is 0 Å². The number of rotatable bonds is 6. The summed E-state index contributed by atoms with van der Waals surface area (Å²) in [7, 11) is 1.56. The van der Waals surface area contributed by atoms with E-state index in [0.29, 0.717) is 28.0 Å². The van der Waals surface area contributed by atoms with Crippen LogP contribution >= 0.6 is 0 Å². The molecule has 1 amide bonds. The molecule has 3 aromatic carbocycles. The number of anilines is 1. The van der Waals surface area contributed by atoms with Crippen LogP contribution in [0.25, 0.3) is 22.4 Å². The first-order chi connectivity index (χ1) is 16.7. The van der Waals surface area contributed by atoms with E-state index in [1.54, 1.807) is 48.2 Å². The number of carbonyl (C=O) groups is 1. The Hall–Kier alpha value is -4.92. The highest BCUT2D eigenvalue weighted by Gasteiger charge is 2.18. The van der Waals surface area contributed by atoms with Gasteiger partial charge in [0.25, 0.3) is 11.5 Å². The first-order valence-electron chi connectivity index (χ1n) is 10.5. The van der Waals surface area contributed by atoms with Gasteiger partial charge in [-0.05, 0) is 48.5 Å². The number of ether oxygens (including phenoxy) is 1. The lowest BCUT2D eigenvalue weighted by molar-refractivity contribution is 0.0962. The van der Waals surface area contributed by atoms with E-state index in [-0.39, 0.29) is 11.5 Å². The molecule has 0 aliphatic rings. The molecule has 0 saturated carbocycles. The number of hydrogen-bond acceptors (Lipinski definition) is 6. The minimum absolute atomic E-state index is 0.142. The van der Waals surface area contributed by atoms with Gasteiger partial charge in [-0.2, -0.15) is 10.1 Å². The number of amides is 1. The summed E-state index contributed by atoms with van der Waals surface area (Å²) in [4.78, 5) is 30.8. The van der Waals surface area contributed by atoms with Gasteiger partial charge >= 0.3 is 0 Å². The van der Waals surface area contributed by atoms with Crippen molar-refractivity contribution in [3.05, 3.63) is 107 Å². The molecule has 0 unspecified atom stereocenters. The molecule has 5 aromatic rings. The Morgan fingerprint density at radius 2 is 1.53 bits per heavy atom. The molecule has 0 bridgehead atoms. The van der Waals surface area contributed by atoms with E-state index >= 15 is 0 Å². The monoisotopic (exact) mass is 452 g/mol. The summed E-state index contributed by atoms with van der Waals surface area (Å²) < 4.78 is 8.12. The molecule has 2 heterocycles. The van der Waals surface area contributed by atoms with E-state index in [9.17, 15) is 9.59 Å². The van der Waals surface area contributed by atoms with Gasteiger partial charge in [0.2, 0.25) is 5.95 Å². The van der Waals surface area contributed by atoms with E-state index in [0.717, 1.165) is 5.69 Å². The van der Waals surface area contributed by atoms with Gasteiger partial charge in [0.15, 0.2) is 5.65 Å². The quantitative estimate of drug-likeness (QED) is 0.383. The average molecular weight is 452 g/mol. The van der Waals surface area contributed by atoms with Crippen molar-refractivity contribution >= 4 is 22.9 Å². The Kier molecular flexibility index (Phi) is 5.49. The van der Waals surface area contributed by atoms with Crippen LogP contribution in [0.4, 0.5) is 5.95 Å². The molecule has 0 atom stereocenters. The van der Waals surface area contributed by atoms with Crippen molar-refractivity contribution in [1.82, 2.24) is 24.8 Å². The minimum atomic E-state index is -0.395. The first kappa shape index (κ1) is 21.0. The van der Waals surface area contributed by atoms with E-state index < -0.39 is 5.91 Å². The maximum atomic E-state index is 13.5. The number of para-hydroxylation sites is 2. The lowest BCUT2D eigenvalue weighted by Crippen LogP contribution is -2.34. The lowest BCUT2D eigenvalue weighted by Gasteiger charge is -2.15. The van der Waals surface area contributed by atoms with Gasteiger partial charge in [-0.3, -0.25) is 20.4 Å². The summed E-state index contributed by atoms with van der Waals surface area (Å²) in [6.07, 6.45) is 1.50. The molecule has 2 N–H and O–H groups in total. The van der Waals surface area contributed by atoms with Crippen molar-refractivity contribution in [3.63, 3.8) is 0 Å². The van der Waals surface area contributed by atoms with Crippen LogP contribution in [0, 0.1) is 0 Å². The zero-order valence-electron chi connectivity index (χ0n) is 18.2. The topological polar surface area (TPSA) is 103 Å². The molecule has 34 heavy (non-hydrogen) atoms. The second-order valence-electron chi connectivity index (χ2n) is 7.35. The molecule has 168 valence electrons. The molecular weight excluding hydrogens is 432 g/mol. The molecule has 0 saturated heterocycles. The number of aromatic nitrogens is 4. The third-order valence-electron chi connectivity index (χ3n) is 5.26. The first-order valence-corrected chi connectivity index (χ1v) is 10.5. The van der Waals surface area contributed by atoms with Crippen LogP contribution in [0.5, 0.6) is 5.75 Å². The number of hydrogen-bond donors (Lipinski definition) is 2. The van der Waals surface area contributed by atoms with Crippen LogP contribution < -0.4 is 21.1 Å². The molecule has 0 aliphatic carbocycles. The fourth-order valence-corrected chi connectivity index (χ4v) is 3.55. The Morgan fingerprint density at radius 1 is 0.882 bits per heavy atom. The van der Waals surface area contributed by atoms with Crippen LogP contribution in [0.15, 0.2) is 95.9 Å². The number of carbonyl (C=O) groups excluding carboxylic acids is 1. The van der Waals surface area contributed by atoms with Crippen LogP contribution in [-0.4, -0.2) is 32.3 Å². The SMILES string of the molecule is COc1ccc(C(=O)NNc2nc3c(cnn3-c3ccccc3)c(=O)n2-c2ccccc2)cc1. The van der Waals surface area contributed by atoms with Crippen molar-refractivity contribution < 1.29 is 9.53 Å². The number of hydrazine groups is 1. The maximum Gasteiger partial charge on any atom is 0.270 e. The Morgan fingerprint density at radius 3 is 2.18 bits per heavy atom. The van der Waals surface area contributed by atoms with Gasteiger partial charge in [0, 0.05) is 5.56 Å². The second kappa shape index (κ2) is 8.91. The summed E-state index contributed by atoms with van der Waals surface area (Å²) in [5.41, 5.74) is 7.26. The molecule has 0 radical (unpaired) electrons. The van der Waals surface area contributed by atoms with E-state index in [4.69, 9.17) is 4.74 Å². The van der Waals surface area contributed by atoms with E-state index in [1.165, 1.54) is 10.8 Å². The largest absolute Gasteiger partial charge is 0.497 e. The summed E-state index contributed by atoms with van der Waals surface area (Å²) >= 11 is 0. The number of nitrogens with one attached hydrogen (secondary N) is 2. The predicted molar refractivity (Wildman–Crippen MR) is 129 cm³/mol. The highest BCUT2D eigenvalue weighted by Crippen LogP contribution is 2.19. The predicted octanol–water partition coefficient (Wildman–Crippen LogP) is 3.34. The van der Waals surface area contributed by atoms with Crippen LogP contribution in [0.3, 0.4) is 0 Å². The van der Waals surface area contributed by atoms with Gasteiger partial charge in [-0.1, -0.05) is 36.4 Å². The van der Waals surface area contributed by atoms with Gasteiger partial charge < -0.3 is 4.74 Å². The number of benzene rings is 3. The van der Waals surface area contributed by atoms with Gasteiger partial charge in [0.05, 0.1) is 24.7 Å². The van der Waals surface area contributed by atoms with Gasteiger partial charge in [0.1, 0.15) is 11.1 Å². The lowest BCUT2D eigenvalue weighted by atomic mass is 10.2. The highest BCUT2D eigenvalue weighted by molar-refractivity contribution is 5.95. The van der Waals surface area contributed by atoms with Crippen molar-refractivity contribution in [2.24, 2.45) is 0 Å². The fourth-order valence-electron chi connectivity index (χ4n) is 3.55. The van der Waals surface area contributed by atoms with Crippen LogP contribution in [-0.2, 0) is 0 Å². The van der Waals surface area contributed by atoms with Crippen molar-refractivity contribution in [1.29, 1.82) is 0 Å². The van der Waals surface area contributed by atoms with Crippen molar-refractivity contribution in [2.75, 3.05) is 12.5 Å². The fraction of sp³-hybridized carbons (Fsp3) is 0.0400. The van der Waals surface area contributed by atoms with Gasteiger partial charge in [-0.25, -0.2) is 9.25 Å². The molecule has 2 aromatic heterocycles. The van der Waals surface area contributed by atoms with Crippen LogP contribution in [0.2, 0.25) is 0 Å². The number of methoxy groups -OCH3 is 1. The second-order valence-corrected chi connectivity index (χ2v) is 7.35. The molecule has 0 aliphatic heterocycles. The smallest absolute Gasteiger partial charge is 0.270 e. The summed E-state index contributed by atoms with van der Waals surface area (Å²) in [6, 6.07) is 25.1. The zero-order chi connectivity index (χ0) is 23.5. The van der Waals surface area contributed by atoms with E-state index in [1.807, 2.05) is 48.5 Å². The molecule has 9 nitrogen and oxygen atoms in total. The average Bonchev–Trinajstić information content (AvgIpc) is 3.33. The normalized spacial score (nSPS) is 10.7. The minimum Gasteiger partial charge on any atom is -0.497 e. The Labute approximate surface area is 194 Å². The third-order valence-corrected chi connectivity index (χ3v) is 5.26. The molecule has 5 rings (SSSR count). The summed E-state index contributed by atoms with van der Waals surface area (Å²) in [5.74, 6) is 0.389. The van der Waals surface area contributed by atoms with Crippen LogP contribution in [0.1, 0.15) is 10.4 Å². The van der Waals surface area contributed by atoms with Crippen molar-refractivity contribution in [3.8, 4) is 17.1 Å². The number of nitrogens with zero attached hydrogens (tertiary/aromatic N) is 4. The maximum absolute atomic E-state index is 13.5. The Bertz CT molecular complexity index is 1510. The molecule has 0 spiro atoms. The van der Waals surface area contributed by atoms with Crippen molar-refractivity contribution in [2.45, 2.75) is 0 Å². The summed E-state index contributed by atoms with van der Waals surface area (Å²) in [6.45, 7) is 0. The number of fused-ring (bicyclic) bond motifs is 1. The highest BCUT2D eigenvalue weighted by atomic mass is 16.5. The Balaban J connectivity index is 1.58. The zero-order valence-corrected chi connectivity index (χ0v) is 18.2. The molecule has 0 fully saturated rings. The standard InChI is InChI=1S/C25H20N6O3/c1-34-20-14-12-17(13-15-20)23(32)28-29-25-27-22-21(16-26-31(22)19-10-6-3-7-11-19)24(33)30(25)18-8-4-2-5-9-18/h2-16H,1H3,(H,27,29)(H,28,32). The third kappa shape index (κ3) is 3.86.